The van der Waals surface area contributed by atoms with E-state index in [-0.39, 0.29) is 6.61 Å². The van der Waals surface area contributed by atoms with Crippen LogP contribution in [0.3, 0.4) is 0 Å². The fourth-order valence-electron chi connectivity index (χ4n) is 1.28. The summed E-state index contributed by atoms with van der Waals surface area (Å²) < 4.78 is 10.5. The molecule has 0 radical (unpaired) electrons. The van der Waals surface area contributed by atoms with Crippen molar-refractivity contribution in [2.45, 2.75) is 6.42 Å². The molecule has 0 aromatic heterocycles. The van der Waals surface area contributed by atoms with Crippen molar-refractivity contribution < 1.29 is 9.47 Å². The Bertz CT molecular complexity index is 355. The second-order valence-electron chi connectivity index (χ2n) is 3.02. The highest BCUT2D eigenvalue weighted by atomic mass is 16.5. The number of nitrogens with two attached hydrogens (primary N) is 1. The Kier molecular flexibility index (Phi) is 4.52. The largest absolute Gasteiger partial charge is 0.493 e. The Morgan fingerprint density at radius 3 is 2.80 bits per heavy atom. The van der Waals surface area contributed by atoms with E-state index in [1.165, 1.54) is 0 Å². The molecule has 80 valence electrons. The predicted octanol–water partition coefficient (Wildman–Crippen LogP) is 1.21. The van der Waals surface area contributed by atoms with Crippen LogP contribution >= 0.6 is 0 Å². The number of ether oxygens (including phenoxy) is 2. The molecular formula is C12H15NO2. The maximum Gasteiger partial charge on any atom is 0.162 e. The van der Waals surface area contributed by atoms with Crippen LogP contribution in [0.25, 0.3) is 0 Å². The summed E-state index contributed by atoms with van der Waals surface area (Å²) in [6.07, 6.45) is 5.94. The third-order valence-corrected chi connectivity index (χ3v) is 1.97. The number of benzene rings is 1. The molecule has 0 amide bonds. The van der Waals surface area contributed by atoms with E-state index in [4.69, 9.17) is 21.6 Å². The summed E-state index contributed by atoms with van der Waals surface area (Å²) in [4.78, 5) is 0. The molecule has 0 saturated heterocycles. The zero-order valence-electron chi connectivity index (χ0n) is 8.82. The summed E-state index contributed by atoms with van der Waals surface area (Å²) in [5.74, 6) is 3.77. The van der Waals surface area contributed by atoms with Crippen LogP contribution in [0.4, 0.5) is 0 Å². The molecule has 3 heteroatoms. The van der Waals surface area contributed by atoms with Crippen LogP contribution in [0, 0.1) is 12.3 Å². The normalized spacial score (nSPS) is 9.40. The number of hydrogen-bond donors (Lipinski definition) is 1. The molecule has 1 rings (SSSR count). The summed E-state index contributed by atoms with van der Waals surface area (Å²) in [5.41, 5.74) is 6.59. The number of methoxy groups -OCH3 is 1. The molecule has 1 aromatic rings. The molecule has 0 fully saturated rings. The molecule has 0 aliphatic rings. The van der Waals surface area contributed by atoms with Gasteiger partial charge in [0.1, 0.15) is 6.61 Å². The Balaban J connectivity index is 2.87. The fraction of sp³-hybridized carbons (Fsp3) is 0.333. The Labute approximate surface area is 90.2 Å². The van der Waals surface area contributed by atoms with Crippen molar-refractivity contribution in [3.63, 3.8) is 0 Å². The van der Waals surface area contributed by atoms with Crippen LogP contribution in [-0.2, 0) is 6.42 Å². The molecule has 0 atom stereocenters. The SMILES string of the molecule is C#CCOc1cc(CCN)ccc1OC. The quantitative estimate of drug-likeness (QED) is 0.735. The zero-order chi connectivity index (χ0) is 11.1. The van der Waals surface area contributed by atoms with Crippen LogP contribution in [0.2, 0.25) is 0 Å². The van der Waals surface area contributed by atoms with Crippen LogP contribution in [0.15, 0.2) is 18.2 Å². The molecule has 2 N–H and O–H groups in total. The van der Waals surface area contributed by atoms with Gasteiger partial charge in [0.15, 0.2) is 11.5 Å². The second kappa shape index (κ2) is 5.94. The van der Waals surface area contributed by atoms with Gasteiger partial charge in [-0.1, -0.05) is 12.0 Å². The molecule has 1 aromatic carbocycles. The van der Waals surface area contributed by atoms with Gasteiger partial charge in [-0.05, 0) is 30.7 Å². The minimum Gasteiger partial charge on any atom is -0.493 e. The molecule has 0 heterocycles. The fourth-order valence-corrected chi connectivity index (χ4v) is 1.28. The summed E-state index contributed by atoms with van der Waals surface area (Å²) in [6, 6.07) is 5.73. The third kappa shape index (κ3) is 3.19. The Morgan fingerprint density at radius 2 is 2.20 bits per heavy atom. The number of terminal acetylenes is 1. The van der Waals surface area contributed by atoms with Gasteiger partial charge in [-0.15, -0.1) is 6.42 Å². The predicted molar refractivity (Wildman–Crippen MR) is 60.1 cm³/mol. The second-order valence-corrected chi connectivity index (χ2v) is 3.02. The van der Waals surface area contributed by atoms with E-state index in [9.17, 15) is 0 Å². The van der Waals surface area contributed by atoms with Gasteiger partial charge in [0.05, 0.1) is 7.11 Å². The summed E-state index contributed by atoms with van der Waals surface area (Å²) in [7, 11) is 1.60. The van der Waals surface area contributed by atoms with Gasteiger partial charge in [0.2, 0.25) is 0 Å². The van der Waals surface area contributed by atoms with Gasteiger partial charge in [0.25, 0.3) is 0 Å². The average molecular weight is 205 g/mol. The van der Waals surface area contributed by atoms with E-state index in [0.29, 0.717) is 18.0 Å². The zero-order valence-corrected chi connectivity index (χ0v) is 8.82. The minimum absolute atomic E-state index is 0.239. The molecule has 15 heavy (non-hydrogen) atoms. The minimum atomic E-state index is 0.239. The van der Waals surface area contributed by atoms with E-state index in [2.05, 4.69) is 5.92 Å². The Morgan fingerprint density at radius 1 is 1.40 bits per heavy atom. The van der Waals surface area contributed by atoms with Gasteiger partial charge in [-0.2, -0.15) is 0 Å². The first-order valence-electron chi connectivity index (χ1n) is 4.75. The van der Waals surface area contributed by atoms with Crippen molar-refractivity contribution in [3.8, 4) is 23.8 Å². The number of rotatable bonds is 5. The van der Waals surface area contributed by atoms with Crippen molar-refractivity contribution >= 4 is 0 Å². The summed E-state index contributed by atoms with van der Waals surface area (Å²) >= 11 is 0. The van der Waals surface area contributed by atoms with E-state index in [0.717, 1.165) is 12.0 Å². The van der Waals surface area contributed by atoms with E-state index < -0.39 is 0 Å². The topological polar surface area (TPSA) is 44.5 Å². The monoisotopic (exact) mass is 205 g/mol. The molecule has 0 saturated carbocycles. The van der Waals surface area contributed by atoms with Gasteiger partial charge in [0, 0.05) is 0 Å². The molecular weight excluding hydrogens is 190 g/mol. The first-order valence-corrected chi connectivity index (χ1v) is 4.75. The maximum absolute atomic E-state index is 5.48. The highest BCUT2D eigenvalue weighted by molar-refractivity contribution is 5.43. The molecule has 0 aliphatic carbocycles. The first kappa shape index (κ1) is 11.4. The van der Waals surface area contributed by atoms with E-state index in [1.54, 1.807) is 7.11 Å². The maximum atomic E-state index is 5.48. The highest BCUT2D eigenvalue weighted by Crippen LogP contribution is 2.27. The van der Waals surface area contributed by atoms with Gasteiger partial charge < -0.3 is 15.2 Å². The van der Waals surface area contributed by atoms with Crippen molar-refractivity contribution in [3.05, 3.63) is 23.8 Å². The molecule has 0 bridgehead atoms. The molecule has 0 aliphatic heterocycles. The van der Waals surface area contributed by atoms with Gasteiger partial charge in [-0.25, -0.2) is 0 Å². The van der Waals surface area contributed by atoms with Crippen LogP contribution in [0.5, 0.6) is 11.5 Å². The van der Waals surface area contributed by atoms with Crippen LogP contribution in [0.1, 0.15) is 5.56 Å². The number of hydrogen-bond acceptors (Lipinski definition) is 3. The summed E-state index contributed by atoms with van der Waals surface area (Å²) in [5, 5.41) is 0. The van der Waals surface area contributed by atoms with Crippen molar-refractivity contribution in [1.29, 1.82) is 0 Å². The van der Waals surface area contributed by atoms with Crippen molar-refractivity contribution in [2.24, 2.45) is 5.73 Å². The molecule has 3 nitrogen and oxygen atoms in total. The standard InChI is InChI=1S/C12H15NO2/c1-3-8-15-12-9-10(6-7-13)4-5-11(12)14-2/h1,4-5,9H,6-8,13H2,2H3. The van der Waals surface area contributed by atoms with E-state index in [1.807, 2.05) is 18.2 Å². The third-order valence-electron chi connectivity index (χ3n) is 1.97. The van der Waals surface area contributed by atoms with Crippen LogP contribution in [-0.4, -0.2) is 20.3 Å². The average Bonchev–Trinajstić information content (AvgIpc) is 2.27. The van der Waals surface area contributed by atoms with Crippen LogP contribution < -0.4 is 15.2 Å². The first-order chi connectivity index (χ1) is 7.31. The molecule has 0 unspecified atom stereocenters. The molecule has 0 spiro atoms. The van der Waals surface area contributed by atoms with E-state index >= 15 is 0 Å². The lowest BCUT2D eigenvalue weighted by Gasteiger charge is -2.10. The highest BCUT2D eigenvalue weighted by Gasteiger charge is 2.04. The van der Waals surface area contributed by atoms with Crippen molar-refractivity contribution in [1.82, 2.24) is 0 Å². The van der Waals surface area contributed by atoms with Crippen molar-refractivity contribution in [2.75, 3.05) is 20.3 Å². The van der Waals surface area contributed by atoms with Gasteiger partial charge >= 0.3 is 0 Å². The smallest absolute Gasteiger partial charge is 0.162 e. The lowest BCUT2D eigenvalue weighted by molar-refractivity contribution is 0.330. The van der Waals surface area contributed by atoms with Gasteiger partial charge in [-0.3, -0.25) is 0 Å². The lowest BCUT2D eigenvalue weighted by atomic mass is 10.1. The lowest BCUT2D eigenvalue weighted by Crippen LogP contribution is -2.03. The summed E-state index contributed by atoms with van der Waals surface area (Å²) in [6.45, 7) is 0.851. The Hall–Kier alpha value is -1.66.